The van der Waals surface area contributed by atoms with Crippen LogP contribution in [-0.2, 0) is 11.3 Å². The first-order valence-electron chi connectivity index (χ1n) is 7.40. The van der Waals surface area contributed by atoms with Gasteiger partial charge in [-0.05, 0) is 24.5 Å². The van der Waals surface area contributed by atoms with Crippen molar-refractivity contribution in [2.24, 2.45) is 11.3 Å². The molecule has 0 radical (unpaired) electrons. The fourth-order valence-corrected chi connectivity index (χ4v) is 3.02. The maximum atomic E-state index is 12.1. The Hall–Kier alpha value is -2.11. The molecule has 2 rings (SSSR count). The van der Waals surface area contributed by atoms with Crippen molar-refractivity contribution in [3.63, 3.8) is 0 Å². The molecule has 0 aliphatic carbocycles. The Bertz CT molecular complexity index is 580. The minimum absolute atomic E-state index is 0.233. The largest absolute Gasteiger partial charge is 0.481 e. The molecule has 1 aliphatic heterocycles. The maximum absolute atomic E-state index is 12.1. The molecule has 0 spiro atoms. The van der Waals surface area contributed by atoms with Crippen LogP contribution in [0.4, 0.5) is 4.79 Å². The van der Waals surface area contributed by atoms with Gasteiger partial charge in [0.1, 0.15) is 0 Å². The van der Waals surface area contributed by atoms with Crippen LogP contribution in [0.1, 0.15) is 32.2 Å². The highest BCUT2D eigenvalue weighted by Gasteiger charge is 2.45. The fraction of sp³-hybridized carbons (Fsp3) is 0.562. The third kappa shape index (κ3) is 3.37. The summed E-state index contributed by atoms with van der Waals surface area (Å²) in [7, 11) is 0. The van der Waals surface area contributed by atoms with E-state index in [1.165, 1.54) is 0 Å². The van der Waals surface area contributed by atoms with Gasteiger partial charge in [0.05, 0.1) is 24.2 Å². The van der Waals surface area contributed by atoms with Crippen LogP contribution in [-0.4, -0.2) is 39.6 Å². The summed E-state index contributed by atoms with van der Waals surface area (Å²) in [6.45, 7) is 8.21. The Balaban J connectivity index is 2.27. The maximum Gasteiger partial charge on any atom is 0.318 e. The molecule has 0 saturated carbocycles. The van der Waals surface area contributed by atoms with Crippen LogP contribution < -0.4 is 5.32 Å². The highest BCUT2D eigenvalue weighted by atomic mass is 16.4. The number of aromatic nitrogens is 1. The number of aliphatic carboxylic acids is 1. The first-order valence-corrected chi connectivity index (χ1v) is 7.40. The van der Waals surface area contributed by atoms with Gasteiger partial charge in [-0.2, -0.15) is 0 Å². The lowest BCUT2D eigenvalue weighted by atomic mass is 9.76. The van der Waals surface area contributed by atoms with E-state index in [2.05, 4.69) is 10.3 Å². The van der Waals surface area contributed by atoms with Gasteiger partial charge in [-0.3, -0.25) is 9.78 Å². The van der Waals surface area contributed by atoms with E-state index in [0.29, 0.717) is 13.1 Å². The molecular formula is C16H23N3O3. The van der Waals surface area contributed by atoms with Crippen molar-refractivity contribution in [1.29, 1.82) is 0 Å². The fourth-order valence-electron chi connectivity index (χ4n) is 3.02. The number of aryl methyl sites for hydroxylation is 1. The predicted molar refractivity (Wildman–Crippen MR) is 82.3 cm³/mol. The number of nitrogens with zero attached hydrogens (tertiary/aromatic N) is 2. The Morgan fingerprint density at radius 2 is 2.18 bits per heavy atom. The predicted octanol–water partition coefficient (Wildman–Crippen LogP) is 2.03. The monoisotopic (exact) mass is 305 g/mol. The van der Waals surface area contributed by atoms with E-state index in [1.54, 1.807) is 4.90 Å². The summed E-state index contributed by atoms with van der Waals surface area (Å²) in [5.41, 5.74) is 1.19. The number of hydrogen-bond donors (Lipinski definition) is 2. The number of amides is 2. The van der Waals surface area contributed by atoms with Crippen LogP contribution in [0.25, 0.3) is 0 Å². The third-order valence-electron chi connectivity index (χ3n) is 3.99. The number of nitrogens with one attached hydrogen (secondary N) is 1. The second kappa shape index (κ2) is 5.94. The molecule has 120 valence electrons. The van der Waals surface area contributed by atoms with Crippen LogP contribution in [0.2, 0.25) is 0 Å². The van der Waals surface area contributed by atoms with E-state index in [1.807, 2.05) is 45.9 Å². The van der Waals surface area contributed by atoms with Crippen LogP contribution >= 0.6 is 0 Å². The van der Waals surface area contributed by atoms with Gasteiger partial charge in [0, 0.05) is 12.2 Å². The number of carbonyl (C=O) groups is 2. The number of urea groups is 1. The normalized spacial score (nSPS) is 19.9. The van der Waals surface area contributed by atoms with E-state index in [9.17, 15) is 14.7 Å². The molecule has 2 heterocycles. The molecule has 22 heavy (non-hydrogen) atoms. The number of rotatable bonds is 4. The molecule has 6 heteroatoms. The number of pyridine rings is 1. The zero-order valence-corrected chi connectivity index (χ0v) is 13.5. The molecule has 6 nitrogen and oxygen atoms in total. The van der Waals surface area contributed by atoms with E-state index in [4.69, 9.17) is 0 Å². The molecule has 2 atom stereocenters. The lowest BCUT2D eigenvalue weighted by molar-refractivity contribution is -0.148. The Kier molecular flexibility index (Phi) is 4.39. The van der Waals surface area contributed by atoms with Gasteiger partial charge < -0.3 is 15.3 Å². The molecule has 2 N–H and O–H groups in total. The second-order valence-electron chi connectivity index (χ2n) is 6.83. The van der Waals surface area contributed by atoms with Gasteiger partial charge in [-0.15, -0.1) is 0 Å². The summed E-state index contributed by atoms with van der Waals surface area (Å²) < 4.78 is 0. The van der Waals surface area contributed by atoms with Gasteiger partial charge in [0.25, 0.3) is 0 Å². The van der Waals surface area contributed by atoms with Crippen LogP contribution in [0, 0.1) is 18.3 Å². The summed E-state index contributed by atoms with van der Waals surface area (Å²) >= 11 is 0. The molecule has 1 saturated heterocycles. The summed E-state index contributed by atoms with van der Waals surface area (Å²) in [5.74, 6) is -1.52. The number of carboxylic acid groups (broad SMARTS) is 1. The summed E-state index contributed by atoms with van der Waals surface area (Å²) in [6.07, 6.45) is 0. The third-order valence-corrected chi connectivity index (χ3v) is 3.99. The number of carboxylic acids is 1. The highest BCUT2D eigenvalue weighted by molar-refractivity contribution is 5.80. The first-order chi connectivity index (χ1) is 10.2. The standard InChI is InChI=1S/C16H23N3O3/c1-10-6-5-7-11(18-10)9-19-12(8-17-15(19)22)13(14(20)21)16(2,3)4/h5-7,12-13H,8-9H2,1-4H3,(H,17,22)(H,20,21)/t12?,13-/m0/s1. The molecule has 1 aromatic rings. The van der Waals surface area contributed by atoms with Gasteiger partial charge in [-0.25, -0.2) is 4.79 Å². The lowest BCUT2D eigenvalue weighted by Crippen LogP contribution is -2.47. The van der Waals surface area contributed by atoms with E-state index < -0.39 is 17.3 Å². The van der Waals surface area contributed by atoms with E-state index in [0.717, 1.165) is 11.4 Å². The molecule has 2 amide bonds. The summed E-state index contributed by atoms with van der Waals surface area (Å²) in [4.78, 5) is 29.8. The van der Waals surface area contributed by atoms with Gasteiger partial charge >= 0.3 is 12.0 Å². The second-order valence-corrected chi connectivity index (χ2v) is 6.83. The minimum Gasteiger partial charge on any atom is -0.481 e. The van der Waals surface area contributed by atoms with Gasteiger partial charge in [-0.1, -0.05) is 26.8 Å². The van der Waals surface area contributed by atoms with E-state index >= 15 is 0 Å². The van der Waals surface area contributed by atoms with Crippen molar-refractivity contribution in [2.45, 2.75) is 40.3 Å². The molecular weight excluding hydrogens is 282 g/mol. The quantitative estimate of drug-likeness (QED) is 0.891. The van der Waals surface area contributed by atoms with Crippen LogP contribution in [0.15, 0.2) is 18.2 Å². The zero-order valence-electron chi connectivity index (χ0n) is 13.5. The Morgan fingerprint density at radius 1 is 1.50 bits per heavy atom. The average molecular weight is 305 g/mol. The molecule has 1 aromatic heterocycles. The summed E-state index contributed by atoms with van der Waals surface area (Å²) in [6, 6.07) is 5.01. The number of carbonyl (C=O) groups excluding carboxylic acids is 1. The topological polar surface area (TPSA) is 82.5 Å². The van der Waals surface area contributed by atoms with Crippen molar-refractivity contribution >= 4 is 12.0 Å². The highest BCUT2D eigenvalue weighted by Crippen LogP contribution is 2.33. The van der Waals surface area contributed by atoms with Gasteiger partial charge in [0.2, 0.25) is 0 Å². The Labute approximate surface area is 130 Å². The molecule has 1 unspecified atom stereocenters. The van der Waals surface area contributed by atoms with Crippen molar-refractivity contribution in [2.75, 3.05) is 6.54 Å². The zero-order chi connectivity index (χ0) is 16.5. The van der Waals surface area contributed by atoms with Crippen LogP contribution in [0.3, 0.4) is 0 Å². The minimum atomic E-state index is -0.879. The molecule has 0 bridgehead atoms. The van der Waals surface area contributed by atoms with Crippen LogP contribution in [0.5, 0.6) is 0 Å². The smallest absolute Gasteiger partial charge is 0.318 e. The number of hydrogen-bond acceptors (Lipinski definition) is 3. The average Bonchev–Trinajstić information content (AvgIpc) is 2.70. The lowest BCUT2D eigenvalue weighted by Gasteiger charge is -2.35. The molecule has 0 aromatic carbocycles. The van der Waals surface area contributed by atoms with E-state index in [-0.39, 0.29) is 12.1 Å². The van der Waals surface area contributed by atoms with Crippen molar-refractivity contribution in [3.05, 3.63) is 29.6 Å². The Morgan fingerprint density at radius 3 is 2.73 bits per heavy atom. The molecule has 1 aliphatic rings. The first kappa shape index (κ1) is 16.3. The summed E-state index contributed by atoms with van der Waals surface area (Å²) in [5, 5.41) is 12.4. The SMILES string of the molecule is Cc1cccc(CN2C(=O)NCC2[C@@H](C(=O)O)C(C)(C)C)n1. The van der Waals surface area contributed by atoms with Gasteiger partial charge in [0.15, 0.2) is 0 Å². The molecule has 1 fully saturated rings. The van der Waals surface area contributed by atoms with Crippen molar-refractivity contribution in [1.82, 2.24) is 15.2 Å². The van der Waals surface area contributed by atoms with Crippen molar-refractivity contribution in [3.8, 4) is 0 Å². The van der Waals surface area contributed by atoms with Crippen molar-refractivity contribution < 1.29 is 14.7 Å².